The summed E-state index contributed by atoms with van der Waals surface area (Å²) >= 11 is 5.04. The lowest BCUT2D eigenvalue weighted by molar-refractivity contribution is -0.130. The van der Waals surface area contributed by atoms with Crippen LogP contribution in [0, 0.1) is 0 Å². The van der Waals surface area contributed by atoms with Crippen LogP contribution in [0.4, 0.5) is 0 Å². The van der Waals surface area contributed by atoms with Gasteiger partial charge in [-0.15, -0.1) is 0 Å². The van der Waals surface area contributed by atoms with E-state index in [9.17, 15) is 4.79 Å². The predicted octanol–water partition coefficient (Wildman–Crippen LogP) is 1.75. The smallest absolute Gasteiger partial charge is 0.242 e. The lowest BCUT2D eigenvalue weighted by Crippen LogP contribution is -2.29. The predicted molar refractivity (Wildman–Crippen MR) is 81.1 cm³/mol. The monoisotopic (exact) mass is 275 g/mol. The first-order valence-electron chi connectivity index (χ1n) is 6.16. The summed E-state index contributed by atoms with van der Waals surface area (Å²) in [4.78, 5) is 14.0. The van der Waals surface area contributed by atoms with Gasteiger partial charge in [-0.25, -0.2) is 0 Å². The Morgan fingerprint density at radius 3 is 2.79 bits per heavy atom. The zero-order valence-corrected chi connectivity index (χ0v) is 11.9. The third kappa shape index (κ3) is 2.61. The maximum atomic E-state index is 12.0. The molecule has 0 aliphatic heterocycles. The summed E-state index contributed by atoms with van der Waals surface area (Å²) in [5, 5.41) is 0.988. The normalized spacial score (nSPS) is 10.6. The molecule has 0 fully saturated rings. The second-order valence-electron chi connectivity index (χ2n) is 4.45. The largest absolute Gasteiger partial charge is 0.389 e. The molecule has 0 saturated carbocycles. The Balaban J connectivity index is 2.39. The van der Waals surface area contributed by atoms with Crippen molar-refractivity contribution in [1.82, 2.24) is 9.47 Å². The molecule has 1 amide bonds. The molecule has 0 aliphatic rings. The first-order valence-corrected chi connectivity index (χ1v) is 6.57. The van der Waals surface area contributed by atoms with Crippen LogP contribution in [0.3, 0.4) is 0 Å². The molecule has 4 nitrogen and oxygen atoms in total. The van der Waals surface area contributed by atoms with E-state index in [1.807, 2.05) is 42.0 Å². The number of rotatable bonds is 4. The minimum absolute atomic E-state index is 0.0840. The van der Waals surface area contributed by atoms with Crippen LogP contribution in [0.5, 0.6) is 0 Å². The van der Waals surface area contributed by atoms with Crippen molar-refractivity contribution in [2.24, 2.45) is 5.73 Å². The zero-order valence-electron chi connectivity index (χ0n) is 11.1. The number of thiocarbonyl (C=S) groups is 1. The molecule has 5 heteroatoms. The Kier molecular flexibility index (Phi) is 3.85. The van der Waals surface area contributed by atoms with Gasteiger partial charge in [0.2, 0.25) is 5.91 Å². The number of likely N-dealkylation sites (N-methyl/N-ethyl adjacent to an activating group) is 1. The first-order chi connectivity index (χ1) is 9.04. The van der Waals surface area contributed by atoms with Crippen molar-refractivity contribution in [3.8, 4) is 0 Å². The number of nitrogens with zero attached hydrogens (tertiary/aromatic N) is 2. The van der Waals surface area contributed by atoms with E-state index in [2.05, 4.69) is 0 Å². The first kappa shape index (κ1) is 13.5. The Labute approximate surface area is 117 Å². The molecule has 0 saturated heterocycles. The van der Waals surface area contributed by atoms with Crippen LogP contribution < -0.4 is 5.73 Å². The van der Waals surface area contributed by atoms with Crippen molar-refractivity contribution in [3.05, 3.63) is 36.0 Å². The lowest BCUT2D eigenvalue weighted by atomic mass is 10.1. The van der Waals surface area contributed by atoms with Crippen LogP contribution >= 0.6 is 12.2 Å². The Morgan fingerprint density at radius 2 is 2.16 bits per heavy atom. The molecule has 0 radical (unpaired) electrons. The third-order valence-electron chi connectivity index (χ3n) is 3.28. The van der Waals surface area contributed by atoms with E-state index in [-0.39, 0.29) is 5.91 Å². The number of carbonyl (C=O) groups is 1. The minimum atomic E-state index is 0.0840. The number of nitrogens with two attached hydrogens (primary N) is 1. The van der Waals surface area contributed by atoms with Crippen LogP contribution in [0.2, 0.25) is 0 Å². The molecular formula is C14H17N3OS. The summed E-state index contributed by atoms with van der Waals surface area (Å²) in [7, 11) is 1.80. The van der Waals surface area contributed by atoms with Gasteiger partial charge < -0.3 is 15.2 Å². The Bertz CT molecular complexity index is 633. The summed E-state index contributed by atoms with van der Waals surface area (Å²) in [5.74, 6) is 0.0840. The van der Waals surface area contributed by atoms with Crippen LogP contribution in [-0.2, 0) is 11.3 Å². The second-order valence-corrected chi connectivity index (χ2v) is 4.89. The van der Waals surface area contributed by atoms with Crippen molar-refractivity contribution in [2.45, 2.75) is 13.5 Å². The van der Waals surface area contributed by atoms with Crippen molar-refractivity contribution < 1.29 is 4.79 Å². The highest BCUT2D eigenvalue weighted by Crippen LogP contribution is 2.20. The molecule has 0 bridgehead atoms. The van der Waals surface area contributed by atoms with Gasteiger partial charge >= 0.3 is 0 Å². The summed E-state index contributed by atoms with van der Waals surface area (Å²) in [6.07, 6.45) is 1.90. The number of hydrogen-bond donors (Lipinski definition) is 1. The highest BCUT2D eigenvalue weighted by molar-refractivity contribution is 7.80. The fraction of sp³-hybridized carbons (Fsp3) is 0.286. The number of hydrogen-bond acceptors (Lipinski definition) is 2. The molecule has 2 aromatic rings. The van der Waals surface area contributed by atoms with Crippen molar-refractivity contribution in [1.29, 1.82) is 0 Å². The maximum absolute atomic E-state index is 12.0. The van der Waals surface area contributed by atoms with E-state index in [1.54, 1.807) is 11.9 Å². The molecule has 100 valence electrons. The van der Waals surface area contributed by atoms with Gasteiger partial charge in [0.1, 0.15) is 11.5 Å². The van der Waals surface area contributed by atoms with Gasteiger partial charge in [0, 0.05) is 36.3 Å². The van der Waals surface area contributed by atoms with Crippen molar-refractivity contribution >= 4 is 34.0 Å². The zero-order chi connectivity index (χ0) is 14.0. The number of amides is 1. The van der Waals surface area contributed by atoms with Gasteiger partial charge in [0.25, 0.3) is 0 Å². The lowest BCUT2D eigenvalue weighted by Gasteiger charge is -2.15. The van der Waals surface area contributed by atoms with E-state index in [0.717, 1.165) is 16.5 Å². The summed E-state index contributed by atoms with van der Waals surface area (Å²) in [5.41, 5.74) is 7.53. The Hall–Kier alpha value is -1.88. The topological polar surface area (TPSA) is 51.3 Å². The van der Waals surface area contributed by atoms with Gasteiger partial charge in [-0.1, -0.05) is 24.4 Å². The standard InChI is InChI=1S/C14H17N3OS/c1-3-16(2)13(18)9-17-8-7-10-11(14(15)19)5-4-6-12(10)17/h4-8H,3,9H2,1-2H3,(H2,15,19). The molecule has 0 atom stereocenters. The van der Waals surface area contributed by atoms with Crippen molar-refractivity contribution in [3.63, 3.8) is 0 Å². The van der Waals surface area contributed by atoms with E-state index < -0.39 is 0 Å². The minimum Gasteiger partial charge on any atom is -0.389 e. The van der Waals surface area contributed by atoms with E-state index in [1.165, 1.54) is 0 Å². The number of benzene rings is 1. The SMILES string of the molecule is CCN(C)C(=O)Cn1ccc2c(C(N)=S)cccc21. The third-order valence-corrected chi connectivity index (χ3v) is 3.50. The highest BCUT2D eigenvalue weighted by Gasteiger charge is 2.11. The highest BCUT2D eigenvalue weighted by atomic mass is 32.1. The fourth-order valence-electron chi connectivity index (χ4n) is 2.02. The van der Waals surface area contributed by atoms with E-state index in [0.29, 0.717) is 18.1 Å². The molecule has 2 N–H and O–H groups in total. The maximum Gasteiger partial charge on any atom is 0.242 e. The average molecular weight is 275 g/mol. The van der Waals surface area contributed by atoms with Gasteiger partial charge in [-0.3, -0.25) is 4.79 Å². The molecule has 0 aliphatic carbocycles. The molecule has 19 heavy (non-hydrogen) atoms. The van der Waals surface area contributed by atoms with Crippen LogP contribution in [0.1, 0.15) is 12.5 Å². The molecule has 2 rings (SSSR count). The molecule has 1 aromatic heterocycles. The number of carbonyl (C=O) groups excluding carboxylic acids is 1. The van der Waals surface area contributed by atoms with Crippen LogP contribution in [-0.4, -0.2) is 34.0 Å². The quantitative estimate of drug-likeness (QED) is 0.865. The summed E-state index contributed by atoms with van der Waals surface area (Å²) < 4.78 is 1.92. The van der Waals surface area contributed by atoms with E-state index >= 15 is 0 Å². The Morgan fingerprint density at radius 1 is 1.42 bits per heavy atom. The molecule has 1 aromatic carbocycles. The van der Waals surface area contributed by atoms with Gasteiger partial charge in [-0.2, -0.15) is 0 Å². The molecule has 1 heterocycles. The fourth-order valence-corrected chi connectivity index (χ4v) is 2.20. The number of aromatic nitrogens is 1. The summed E-state index contributed by atoms with van der Waals surface area (Å²) in [6.45, 7) is 2.99. The van der Waals surface area contributed by atoms with Gasteiger partial charge in [0.15, 0.2) is 0 Å². The number of fused-ring (bicyclic) bond motifs is 1. The van der Waals surface area contributed by atoms with Gasteiger partial charge in [-0.05, 0) is 19.1 Å². The average Bonchev–Trinajstić information content (AvgIpc) is 2.80. The summed E-state index contributed by atoms with van der Waals surface area (Å²) in [6, 6.07) is 7.72. The van der Waals surface area contributed by atoms with Crippen molar-refractivity contribution in [2.75, 3.05) is 13.6 Å². The van der Waals surface area contributed by atoms with Crippen LogP contribution in [0.15, 0.2) is 30.5 Å². The van der Waals surface area contributed by atoms with E-state index in [4.69, 9.17) is 18.0 Å². The second kappa shape index (κ2) is 5.40. The molecule has 0 spiro atoms. The van der Waals surface area contributed by atoms with Gasteiger partial charge in [0.05, 0.1) is 0 Å². The van der Waals surface area contributed by atoms with Crippen LogP contribution in [0.25, 0.3) is 10.9 Å². The molecular weight excluding hydrogens is 258 g/mol. The molecule has 0 unspecified atom stereocenters.